The van der Waals surface area contributed by atoms with Crippen LogP contribution in [0.1, 0.15) is 16.1 Å². The van der Waals surface area contributed by atoms with Crippen molar-refractivity contribution in [1.82, 2.24) is 14.9 Å². The Hall–Kier alpha value is -3.25. The van der Waals surface area contributed by atoms with Crippen molar-refractivity contribution in [3.05, 3.63) is 84.4 Å². The van der Waals surface area contributed by atoms with E-state index in [1.165, 1.54) is 0 Å². The molecule has 6 heteroatoms. The third-order valence-electron chi connectivity index (χ3n) is 4.84. The second-order valence-corrected chi connectivity index (χ2v) is 6.88. The minimum Gasteiger partial charge on any atom is -0.457 e. The van der Waals surface area contributed by atoms with Gasteiger partial charge in [-0.25, -0.2) is 0 Å². The molecule has 2 aromatic carbocycles. The molecule has 1 saturated heterocycles. The smallest absolute Gasteiger partial charge is 0.254 e. The minimum absolute atomic E-state index is 0.0515. The average molecular weight is 375 g/mol. The van der Waals surface area contributed by atoms with Crippen LogP contribution >= 0.6 is 0 Å². The molecule has 1 fully saturated rings. The second-order valence-electron chi connectivity index (χ2n) is 6.88. The van der Waals surface area contributed by atoms with Gasteiger partial charge in [-0.1, -0.05) is 24.3 Å². The molecule has 28 heavy (non-hydrogen) atoms. The summed E-state index contributed by atoms with van der Waals surface area (Å²) in [5, 5.41) is 10.4. The van der Waals surface area contributed by atoms with Gasteiger partial charge in [-0.15, -0.1) is 0 Å². The number of para-hydroxylation sites is 1. The number of rotatable bonds is 5. The highest BCUT2D eigenvalue weighted by Gasteiger charge is 2.34. The number of carbonyl (C=O) groups is 1. The van der Waals surface area contributed by atoms with E-state index in [2.05, 4.69) is 9.97 Å². The summed E-state index contributed by atoms with van der Waals surface area (Å²) in [7, 11) is 0. The Labute approximate surface area is 163 Å². The zero-order valence-corrected chi connectivity index (χ0v) is 15.3. The lowest BCUT2D eigenvalue weighted by atomic mass is 10.0. The Balaban J connectivity index is 1.44. The van der Waals surface area contributed by atoms with Gasteiger partial charge in [0.05, 0.1) is 11.8 Å². The Morgan fingerprint density at radius 3 is 2.68 bits per heavy atom. The van der Waals surface area contributed by atoms with Crippen LogP contribution in [0, 0.1) is 5.92 Å². The molecule has 2 heterocycles. The predicted molar refractivity (Wildman–Crippen MR) is 104 cm³/mol. The maximum absolute atomic E-state index is 12.9. The number of amides is 1. The first-order valence-corrected chi connectivity index (χ1v) is 9.24. The largest absolute Gasteiger partial charge is 0.457 e. The minimum atomic E-state index is -0.574. The number of hydrogen-bond acceptors (Lipinski definition) is 5. The monoisotopic (exact) mass is 375 g/mol. The van der Waals surface area contributed by atoms with E-state index in [0.29, 0.717) is 36.6 Å². The van der Waals surface area contributed by atoms with E-state index in [0.717, 1.165) is 5.69 Å². The number of likely N-dealkylation sites (tertiary alicyclic amines) is 1. The lowest BCUT2D eigenvalue weighted by molar-refractivity contribution is 0.0764. The summed E-state index contributed by atoms with van der Waals surface area (Å²) < 4.78 is 5.82. The molecule has 142 valence electrons. The Morgan fingerprint density at radius 2 is 1.89 bits per heavy atom. The van der Waals surface area contributed by atoms with E-state index in [4.69, 9.17) is 4.74 Å². The molecule has 0 radical (unpaired) electrons. The van der Waals surface area contributed by atoms with E-state index in [-0.39, 0.29) is 11.8 Å². The van der Waals surface area contributed by atoms with Gasteiger partial charge < -0.3 is 14.7 Å². The van der Waals surface area contributed by atoms with E-state index < -0.39 is 6.10 Å². The zero-order chi connectivity index (χ0) is 19.3. The van der Waals surface area contributed by atoms with Crippen LogP contribution in [0.25, 0.3) is 0 Å². The number of hydrogen-bond donors (Lipinski definition) is 1. The summed E-state index contributed by atoms with van der Waals surface area (Å²) in [6, 6.07) is 16.6. The molecule has 0 spiro atoms. The summed E-state index contributed by atoms with van der Waals surface area (Å²) >= 11 is 0. The summed E-state index contributed by atoms with van der Waals surface area (Å²) in [5.41, 5.74) is 1.36. The van der Waals surface area contributed by atoms with E-state index in [1.807, 2.05) is 36.4 Å². The van der Waals surface area contributed by atoms with Crippen molar-refractivity contribution in [3.8, 4) is 11.5 Å². The van der Waals surface area contributed by atoms with Crippen molar-refractivity contribution < 1.29 is 14.6 Å². The Bertz CT molecular complexity index is 934. The molecule has 0 saturated carbocycles. The molecule has 1 amide bonds. The van der Waals surface area contributed by atoms with Gasteiger partial charge in [0.15, 0.2) is 0 Å². The SMILES string of the molecule is O=C(c1cccc(Oc2ccccc2)c1)N1C[C@@H](Cc2cnccn2)[C@H](O)C1. The van der Waals surface area contributed by atoms with Crippen molar-refractivity contribution in [2.75, 3.05) is 13.1 Å². The number of benzene rings is 2. The molecule has 0 bridgehead atoms. The van der Waals surface area contributed by atoms with E-state index in [1.54, 1.807) is 41.7 Å². The molecule has 3 aromatic rings. The zero-order valence-electron chi connectivity index (χ0n) is 15.3. The average Bonchev–Trinajstić information content (AvgIpc) is 3.09. The second kappa shape index (κ2) is 8.19. The van der Waals surface area contributed by atoms with Gasteiger partial charge in [-0.3, -0.25) is 14.8 Å². The van der Waals surface area contributed by atoms with Gasteiger partial charge in [-0.05, 0) is 36.8 Å². The summed E-state index contributed by atoms with van der Waals surface area (Å²) in [5.74, 6) is 1.16. The molecular formula is C22H21N3O3. The van der Waals surface area contributed by atoms with Gasteiger partial charge in [0.25, 0.3) is 5.91 Å². The van der Waals surface area contributed by atoms with Crippen molar-refractivity contribution in [1.29, 1.82) is 0 Å². The van der Waals surface area contributed by atoms with Crippen LogP contribution in [0.5, 0.6) is 11.5 Å². The fourth-order valence-corrected chi connectivity index (χ4v) is 3.42. The highest BCUT2D eigenvalue weighted by Crippen LogP contribution is 2.25. The van der Waals surface area contributed by atoms with Gasteiger partial charge in [0.2, 0.25) is 0 Å². The van der Waals surface area contributed by atoms with Gasteiger partial charge >= 0.3 is 0 Å². The fourth-order valence-electron chi connectivity index (χ4n) is 3.42. The third kappa shape index (κ3) is 4.18. The number of carbonyl (C=O) groups excluding carboxylic acids is 1. The predicted octanol–water partition coefficient (Wildman–Crippen LogP) is 2.94. The van der Waals surface area contributed by atoms with Crippen LogP contribution in [0.15, 0.2) is 73.2 Å². The molecule has 0 unspecified atom stereocenters. The molecule has 1 aromatic heterocycles. The molecule has 2 atom stereocenters. The van der Waals surface area contributed by atoms with Crippen LogP contribution in [-0.2, 0) is 6.42 Å². The number of aliphatic hydroxyl groups excluding tert-OH is 1. The van der Waals surface area contributed by atoms with Gasteiger partial charge in [-0.2, -0.15) is 0 Å². The van der Waals surface area contributed by atoms with E-state index >= 15 is 0 Å². The lowest BCUT2D eigenvalue weighted by Gasteiger charge is -2.16. The fraction of sp³-hybridized carbons (Fsp3) is 0.227. The van der Waals surface area contributed by atoms with Crippen molar-refractivity contribution in [3.63, 3.8) is 0 Å². The molecule has 4 rings (SSSR count). The third-order valence-corrected chi connectivity index (χ3v) is 4.84. The Kier molecular flexibility index (Phi) is 5.30. The first-order chi connectivity index (χ1) is 13.7. The molecular weight excluding hydrogens is 354 g/mol. The standard InChI is InChI=1S/C22H21N3O3/c26-21-15-25(14-17(21)11-18-13-23-9-10-24-18)22(27)16-5-4-8-20(12-16)28-19-6-2-1-3-7-19/h1-10,12-13,17,21,26H,11,14-15H2/t17-,21-/m1/s1. The topological polar surface area (TPSA) is 75.5 Å². The maximum Gasteiger partial charge on any atom is 0.254 e. The summed E-state index contributed by atoms with van der Waals surface area (Å²) in [6.07, 6.45) is 4.97. The van der Waals surface area contributed by atoms with Crippen LogP contribution in [-0.4, -0.2) is 45.1 Å². The highest BCUT2D eigenvalue weighted by atomic mass is 16.5. The molecule has 0 aliphatic carbocycles. The summed E-state index contributed by atoms with van der Waals surface area (Å²) in [6.45, 7) is 0.799. The lowest BCUT2D eigenvalue weighted by Crippen LogP contribution is -2.29. The number of aliphatic hydroxyl groups is 1. The van der Waals surface area contributed by atoms with Crippen molar-refractivity contribution in [2.24, 2.45) is 5.92 Å². The number of ether oxygens (including phenoxy) is 1. The maximum atomic E-state index is 12.9. The normalized spacial score (nSPS) is 18.8. The number of aromatic nitrogens is 2. The highest BCUT2D eigenvalue weighted by molar-refractivity contribution is 5.94. The Morgan fingerprint density at radius 1 is 1.07 bits per heavy atom. The van der Waals surface area contributed by atoms with Gasteiger partial charge in [0, 0.05) is 43.2 Å². The molecule has 6 nitrogen and oxygen atoms in total. The molecule has 1 aliphatic heterocycles. The number of nitrogens with zero attached hydrogens (tertiary/aromatic N) is 3. The summed E-state index contributed by atoms with van der Waals surface area (Å²) in [4.78, 5) is 22.9. The number of β-amino-alcohol motifs (C(OH)–C–C–N with tert-alkyl or cyclic N) is 1. The van der Waals surface area contributed by atoms with Gasteiger partial charge in [0.1, 0.15) is 11.5 Å². The van der Waals surface area contributed by atoms with Crippen molar-refractivity contribution >= 4 is 5.91 Å². The van der Waals surface area contributed by atoms with Crippen LogP contribution in [0.3, 0.4) is 0 Å². The first kappa shape index (κ1) is 18.1. The van der Waals surface area contributed by atoms with Crippen molar-refractivity contribution in [2.45, 2.75) is 12.5 Å². The molecule has 1 aliphatic rings. The van der Waals surface area contributed by atoms with E-state index in [9.17, 15) is 9.90 Å². The van der Waals surface area contributed by atoms with Crippen LogP contribution < -0.4 is 4.74 Å². The van der Waals surface area contributed by atoms with Crippen LogP contribution in [0.4, 0.5) is 0 Å². The van der Waals surface area contributed by atoms with Crippen LogP contribution in [0.2, 0.25) is 0 Å². The first-order valence-electron chi connectivity index (χ1n) is 9.24. The molecule has 1 N–H and O–H groups in total. The quantitative estimate of drug-likeness (QED) is 0.742.